The molecule has 10 heteroatoms. The predicted octanol–water partition coefficient (Wildman–Crippen LogP) is -0.673. The van der Waals surface area contributed by atoms with Crippen LogP contribution in [0.2, 0.25) is 0 Å². The number of hydrazine groups is 2. The fourth-order valence-electron chi connectivity index (χ4n) is 3.94. The molecular formula is C16H34N6O4. The van der Waals surface area contributed by atoms with Gasteiger partial charge in [-0.3, -0.25) is 10.0 Å². The van der Waals surface area contributed by atoms with Gasteiger partial charge in [-0.05, 0) is 30.1 Å². The van der Waals surface area contributed by atoms with Crippen molar-refractivity contribution < 1.29 is 19.8 Å². The van der Waals surface area contributed by atoms with Crippen LogP contribution < -0.4 is 22.3 Å². The molecule has 0 aromatic heterocycles. The first-order valence-corrected chi connectivity index (χ1v) is 8.86. The molecule has 2 atom stereocenters. The van der Waals surface area contributed by atoms with E-state index in [0.29, 0.717) is 13.0 Å². The molecule has 1 aliphatic carbocycles. The van der Waals surface area contributed by atoms with Crippen LogP contribution in [-0.2, 0) is 0 Å². The topological polar surface area (TPSA) is 157 Å². The molecule has 0 aromatic carbocycles. The lowest BCUT2D eigenvalue weighted by Crippen LogP contribution is -2.55. The minimum absolute atomic E-state index is 0.0282. The Kier molecular flexibility index (Phi) is 8.07. The van der Waals surface area contributed by atoms with Crippen LogP contribution in [0.4, 0.5) is 9.59 Å². The highest BCUT2D eigenvalue weighted by Crippen LogP contribution is 2.45. The third-order valence-electron chi connectivity index (χ3n) is 4.64. The summed E-state index contributed by atoms with van der Waals surface area (Å²) < 4.78 is 0. The summed E-state index contributed by atoms with van der Waals surface area (Å²) in [7, 11) is 0. The SMILES string of the molecule is CC1(C)CC(NC(=O)N(N)CCO)CC(C)(CNC(=O)N(N)CCO)C1. The Morgan fingerprint density at radius 1 is 1.04 bits per heavy atom. The fraction of sp³-hybridized carbons (Fsp3) is 0.875. The molecule has 26 heavy (non-hydrogen) atoms. The van der Waals surface area contributed by atoms with E-state index in [-0.39, 0.29) is 43.2 Å². The molecule has 8 N–H and O–H groups in total. The molecule has 0 heterocycles. The highest BCUT2D eigenvalue weighted by molar-refractivity contribution is 5.74. The maximum Gasteiger partial charge on any atom is 0.331 e. The second kappa shape index (κ2) is 9.36. The molecule has 1 fully saturated rings. The number of aliphatic hydroxyl groups excluding tert-OH is 2. The van der Waals surface area contributed by atoms with E-state index in [4.69, 9.17) is 21.9 Å². The van der Waals surface area contributed by atoms with Gasteiger partial charge in [-0.15, -0.1) is 0 Å². The molecule has 0 radical (unpaired) electrons. The van der Waals surface area contributed by atoms with Crippen molar-refractivity contribution in [2.24, 2.45) is 22.5 Å². The predicted molar refractivity (Wildman–Crippen MR) is 97.4 cm³/mol. The number of rotatable bonds is 7. The molecule has 0 aromatic rings. The molecule has 0 bridgehead atoms. The number of nitrogens with one attached hydrogen (secondary N) is 2. The lowest BCUT2D eigenvalue weighted by atomic mass is 9.62. The van der Waals surface area contributed by atoms with Crippen LogP contribution >= 0.6 is 0 Å². The van der Waals surface area contributed by atoms with E-state index in [1.807, 2.05) is 0 Å². The molecular weight excluding hydrogens is 340 g/mol. The average Bonchev–Trinajstić information content (AvgIpc) is 2.51. The number of nitrogens with two attached hydrogens (primary N) is 2. The van der Waals surface area contributed by atoms with Gasteiger partial charge in [0.15, 0.2) is 0 Å². The van der Waals surface area contributed by atoms with E-state index in [2.05, 4.69) is 31.4 Å². The fourth-order valence-corrected chi connectivity index (χ4v) is 3.94. The number of nitrogens with zero attached hydrogens (tertiary/aromatic N) is 2. The summed E-state index contributed by atoms with van der Waals surface area (Å²) in [6.07, 6.45) is 2.35. The summed E-state index contributed by atoms with van der Waals surface area (Å²) in [5.74, 6) is 11.2. The number of hydrogen-bond acceptors (Lipinski definition) is 6. The Morgan fingerprint density at radius 2 is 1.58 bits per heavy atom. The monoisotopic (exact) mass is 374 g/mol. The lowest BCUT2D eigenvalue weighted by Gasteiger charge is -2.47. The standard InChI is InChI=1S/C16H34N6O4/c1-15(2)8-12(20-14(26)22(18)5-7-24)9-16(3,10-15)11-19-13(25)21(17)4-6-23/h12,23-24H,4-11,17-18H2,1-3H3,(H,19,25)(H,20,26). The summed E-state index contributed by atoms with van der Waals surface area (Å²) in [5, 5.41) is 25.4. The van der Waals surface area contributed by atoms with Gasteiger partial charge in [0.05, 0.1) is 26.3 Å². The van der Waals surface area contributed by atoms with E-state index in [1.165, 1.54) is 0 Å². The van der Waals surface area contributed by atoms with Gasteiger partial charge in [-0.2, -0.15) is 0 Å². The normalized spacial score (nSPS) is 24.7. The molecule has 0 saturated heterocycles. The zero-order valence-corrected chi connectivity index (χ0v) is 16.0. The van der Waals surface area contributed by atoms with E-state index in [9.17, 15) is 9.59 Å². The van der Waals surface area contributed by atoms with Crippen LogP contribution in [0, 0.1) is 10.8 Å². The van der Waals surface area contributed by atoms with Crippen LogP contribution in [0.3, 0.4) is 0 Å². The van der Waals surface area contributed by atoms with E-state index >= 15 is 0 Å². The summed E-state index contributed by atoms with van der Waals surface area (Å²) in [6.45, 7) is 6.44. The van der Waals surface area contributed by atoms with Crippen molar-refractivity contribution in [3.8, 4) is 0 Å². The quantitative estimate of drug-likeness (QED) is 0.197. The van der Waals surface area contributed by atoms with Crippen LogP contribution in [-0.4, -0.2) is 71.2 Å². The second-order valence-electron chi connectivity index (χ2n) is 8.20. The summed E-state index contributed by atoms with van der Waals surface area (Å²) in [5.41, 5.74) is -0.259. The summed E-state index contributed by atoms with van der Waals surface area (Å²) in [6, 6.07) is -0.964. The molecule has 1 saturated carbocycles. The zero-order valence-electron chi connectivity index (χ0n) is 16.0. The van der Waals surface area contributed by atoms with Gasteiger partial charge in [0.25, 0.3) is 0 Å². The van der Waals surface area contributed by atoms with Crippen molar-refractivity contribution in [1.29, 1.82) is 0 Å². The number of hydrogen-bond donors (Lipinski definition) is 6. The molecule has 1 aliphatic rings. The molecule has 0 aliphatic heterocycles. The molecule has 0 spiro atoms. The van der Waals surface area contributed by atoms with Gasteiger partial charge in [-0.1, -0.05) is 20.8 Å². The molecule has 10 nitrogen and oxygen atoms in total. The van der Waals surface area contributed by atoms with Gasteiger partial charge in [-0.25, -0.2) is 21.3 Å². The zero-order chi connectivity index (χ0) is 20.0. The van der Waals surface area contributed by atoms with E-state index in [1.54, 1.807) is 0 Å². The van der Waals surface area contributed by atoms with Gasteiger partial charge in [0.1, 0.15) is 0 Å². The first-order valence-electron chi connectivity index (χ1n) is 8.86. The molecule has 4 amide bonds. The molecule has 152 valence electrons. The van der Waals surface area contributed by atoms with Crippen LogP contribution in [0.15, 0.2) is 0 Å². The van der Waals surface area contributed by atoms with Crippen molar-refractivity contribution in [3.63, 3.8) is 0 Å². The Hall–Kier alpha value is -1.62. The maximum atomic E-state index is 12.1. The van der Waals surface area contributed by atoms with Gasteiger partial charge in [0, 0.05) is 12.6 Å². The number of urea groups is 2. The first kappa shape index (κ1) is 22.4. The van der Waals surface area contributed by atoms with Crippen molar-refractivity contribution >= 4 is 12.1 Å². The van der Waals surface area contributed by atoms with Gasteiger partial charge >= 0.3 is 12.1 Å². The average molecular weight is 374 g/mol. The van der Waals surface area contributed by atoms with E-state index in [0.717, 1.165) is 22.9 Å². The van der Waals surface area contributed by atoms with Gasteiger partial charge in [0.2, 0.25) is 0 Å². The van der Waals surface area contributed by atoms with Crippen molar-refractivity contribution in [2.45, 2.75) is 46.1 Å². The van der Waals surface area contributed by atoms with Gasteiger partial charge < -0.3 is 20.8 Å². The smallest absolute Gasteiger partial charge is 0.331 e. The summed E-state index contributed by atoms with van der Waals surface area (Å²) in [4.78, 5) is 24.1. The third-order valence-corrected chi connectivity index (χ3v) is 4.64. The molecule has 1 rings (SSSR count). The third kappa shape index (κ3) is 6.94. The van der Waals surface area contributed by atoms with Crippen LogP contribution in [0.1, 0.15) is 40.0 Å². The molecule has 2 unspecified atom stereocenters. The Morgan fingerprint density at radius 3 is 2.12 bits per heavy atom. The first-order chi connectivity index (χ1) is 12.0. The second-order valence-corrected chi connectivity index (χ2v) is 8.20. The highest BCUT2D eigenvalue weighted by Gasteiger charge is 2.42. The largest absolute Gasteiger partial charge is 0.394 e. The number of carbonyl (C=O) groups is 2. The number of carbonyl (C=O) groups excluding carboxylic acids is 2. The minimum Gasteiger partial charge on any atom is -0.394 e. The summed E-state index contributed by atoms with van der Waals surface area (Å²) >= 11 is 0. The van der Waals surface area contributed by atoms with Crippen molar-refractivity contribution in [2.75, 3.05) is 32.8 Å². The minimum atomic E-state index is -0.444. The maximum absolute atomic E-state index is 12.1. The number of amides is 4. The highest BCUT2D eigenvalue weighted by atomic mass is 16.3. The van der Waals surface area contributed by atoms with Crippen molar-refractivity contribution in [3.05, 3.63) is 0 Å². The van der Waals surface area contributed by atoms with Crippen molar-refractivity contribution in [1.82, 2.24) is 20.7 Å². The van der Waals surface area contributed by atoms with Crippen LogP contribution in [0.5, 0.6) is 0 Å². The Labute approximate surface area is 154 Å². The Bertz CT molecular complexity index is 489. The van der Waals surface area contributed by atoms with Crippen LogP contribution in [0.25, 0.3) is 0 Å². The lowest BCUT2D eigenvalue weighted by molar-refractivity contribution is 0.0699. The Balaban J connectivity index is 2.69. The van der Waals surface area contributed by atoms with E-state index < -0.39 is 12.1 Å². The number of aliphatic hydroxyl groups is 2.